The molecule has 31 heavy (non-hydrogen) atoms. The first-order chi connectivity index (χ1) is 15.0. The highest BCUT2D eigenvalue weighted by molar-refractivity contribution is 7.89. The van der Waals surface area contributed by atoms with E-state index in [4.69, 9.17) is 4.74 Å². The Morgan fingerprint density at radius 1 is 0.806 bits per heavy atom. The smallest absolute Gasteiger partial charge is 0.240 e. The van der Waals surface area contributed by atoms with E-state index >= 15 is 0 Å². The van der Waals surface area contributed by atoms with E-state index in [1.54, 1.807) is 31.2 Å². The van der Waals surface area contributed by atoms with Gasteiger partial charge in [-0.3, -0.25) is 0 Å². The van der Waals surface area contributed by atoms with Crippen molar-refractivity contribution in [3.05, 3.63) is 24.3 Å². The average molecular weight is 472 g/mol. The highest BCUT2D eigenvalue weighted by atomic mass is 32.2. The van der Waals surface area contributed by atoms with Crippen LogP contribution in [0.1, 0.15) is 104 Å². The van der Waals surface area contributed by atoms with Crippen LogP contribution in [0.25, 0.3) is 0 Å². The third kappa shape index (κ3) is 14.1. The number of unbranched alkanes of at least 4 members (excludes halogenated alkanes) is 13. The Balaban J connectivity index is 2.01. The van der Waals surface area contributed by atoms with E-state index in [1.807, 2.05) is 0 Å². The highest BCUT2D eigenvalue weighted by Gasteiger charge is 2.16. The fourth-order valence-corrected chi connectivity index (χ4v) is 5.03. The average Bonchev–Trinajstić information content (AvgIpc) is 2.76. The van der Waals surface area contributed by atoms with Crippen LogP contribution in [-0.2, 0) is 10.0 Å². The van der Waals surface area contributed by atoms with Crippen LogP contribution in [0.15, 0.2) is 29.2 Å². The second-order valence-electron chi connectivity index (χ2n) is 8.62. The summed E-state index contributed by atoms with van der Waals surface area (Å²) in [4.78, 5) is 0.255. The molecule has 4 nitrogen and oxygen atoms in total. The molecule has 1 atom stereocenters. The molecule has 0 heterocycles. The van der Waals surface area contributed by atoms with Gasteiger partial charge in [0, 0.05) is 11.8 Å². The third-order valence-electron chi connectivity index (χ3n) is 5.53. The minimum Gasteiger partial charge on any atom is -0.494 e. The van der Waals surface area contributed by atoms with Crippen LogP contribution in [-0.4, -0.2) is 26.8 Å². The molecule has 1 rings (SSSR count). The van der Waals surface area contributed by atoms with Gasteiger partial charge in [-0.25, -0.2) is 13.1 Å². The van der Waals surface area contributed by atoms with Crippen LogP contribution in [0.5, 0.6) is 5.75 Å². The van der Waals surface area contributed by atoms with E-state index in [1.165, 1.54) is 83.5 Å². The Labute approximate surface area is 197 Å². The van der Waals surface area contributed by atoms with Gasteiger partial charge >= 0.3 is 0 Å². The summed E-state index contributed by atoms with van der Waals surface area (Å²) in [5.41, 5.74) is 0. The normalized spacial score (nSPS) is 12.7. The van der Waals surface area contributed by atoms with Crippen molar-refractivity contribution in [2.24, 2.45) is 0 Å². The molecule has 0 bridgehead atoms. The summed E-state index contributed by atoms with van der Waals surface area (Å²) in [6, 6.07) is 6.43. The van der Waals surface area contributed by atoms with Gasteiger partial charge in [0.2, 0.25) is 10.0 Å². The van der Waals surface area contributed by atoms with Crippen molar-refractivity contribution in [1.29, 1.82) is 0 Å². The molecule has 0 unspecified atom stereocenters. The van der Waals surface area contributed by atoms with Crippen LogP contribution in [0.2, 0.25) is 0 Å². The van der Waals surface area contributed by atoms with Gasteiger partial charge in [0.25, 0.3) is 0 Å². The maximum atomic E-state index is 12.2. The standard InChI is InChI=1S/C25H45NO3S2/c1-3-4-5-6-7-8-9-10-11-12-13-14-15-16-21-29-24-17-19-25(20-18-24)31(27,28)26-23(2)22-30/h17-20,23,26,30H,3-16,21-22H2,1-2H3/t23-/m1/s1. The van der Waals surface area contributed by atoms with Crippen molar-refractivity contribution < 1.29 is 13.2 Å². The third-order valence-corrected chi connectivity index (χ3v) is 7.68. The predicted octanol–water partition coefficient (Wildman–Crippen LogP) is 7.14. The number of thiol groups is 1. The first-order valence-electron chi connectivity index (χ1n) is 12.4. The Morgan fingerprint density at radius 2 is 1.26 bits per heavy atom. The molecule has 6 heteroatoms. The quantitative estimate of drug-likeness (QED) is 0.157. The lowest BCUT2D eigenvalue weighted by molar-refractivity contribution is 0.304. The molecule has 0 spiro atoms. The van der Waals surface area contributed by atoms with Gasteiger partial charge in [0.1, 0.15) is 5.75 Å². The molecule has 0 aromatic heterocycles. The topological polar surface area (TPSA) is 55.4 Å². The summed E-state index contributed by atoms with van der Waals surface area (Å²) in [6.45, 7) is 4.74. The van der Waals surface area contributed by atoms with Gasteiger partial charge < -0.3 is 4.74 Å². The molecular formula is C25H45NO3S2. The van der Waals surface area contributed by atoms with Crippen molar-refractivity contribution in [1.82, 2.24) is 4.72 Å². The maximum Gasteiger partial charge on any atom is 0.240 e. The second-order valence-corrected chi connectivity index (χ2v) is 10.7. The van der Waals surface area contributed by atoms with E-state index in [-0.39, 0.29) is 10.9 Å². The van der Waals surface area contributed by atoms with Crippen molar-refractivity contribution >= 4 is 22.7 Å². The number of sulfonamides is 1. The first kappa shape index (κ1) is 28.3. The second kappa shape index (κ2) is 17.8. The van der Waals surface area contributed by atoms with Gasteiger partial charge in [-0.05, 0) is 37.6 Å². The molecule has 1 aromatic rings. The van der Waals surface area contributed by atoms with Crippen molar-refractivity contribution in [2.75, 3.05) is 12.4 Å². The van der Waals surface area contributed by atoms with E-state index in [2.05, 4.69) is 24.3 Å². The fourth-order valence-electron chi connectivity index (χ4n) is 3.57. The van der Waals surface area contributed by atoms with E-state index < -0.39 is 10.0 Å². The van der Waals surface area contributed by atoms with Crippen LogP contribution >= 0.6 is 12.6 Å². The Hall–Kier alpha value is -0.720. The zero-order valence-electron chi connectivity index (χ0n) is 19.8. The van der Waals surface area contributed by atoms with Gasteiger partial charge in [-0.15, -0.1) is 0 Å². The van der Waals surface area contributed by atoms with Gasteiger partial charge in [0.05, 0.1) is 11.5 Å². The lowest BCUT2D eigenvalue weighted by Crippen LogP contribution is -2.33. The van der Waals surface area contributed by atoms with E-state index in [9.17, 15) is 8.42 Å². The van der Waals surface area contributed by atoms with E-state index in [0.717, 1.165) is 12.2 Å². The zero-order chi connectivity index (χ0) is 22.8. The molecule has 1 aromatic carbocycles. The monoisotopic (exact) mass is 471 g/mol. The molecule has 1 N–H and O–H groups in total. The molecule has 0 aliphatic carbocycles. The highest BCUT2D eigenvalue weighted by Crippen LogP contribution is 2.17. The maximum absolute atomic E-state index is 12.2. The summed E-state index contributed by atoms with van der Waals surface area (Å²) in [7, 11) is -3.49. The molecular weight excluding hydrogens is 426 g/mol. The molecule has 180 valence electrons. The molecule has 0 fully saturated rings. The Morgan fingerprint density at radius 3 is 1.71 bits per heavy atom. The number of rotatable bonds is 20. The number of hydrogen-bond acceptors (Lipinski definition) is 4. The summed E-state index contributed by atoms with van der Waals surface area (Å²) in [5, 5.41) is 0. The molecule has 0 amide bonds. The van der Waals surface area contributed by atoms with Crippen LogP contribution in [0.4, 0.5) is 0 Å². The Kier molecular flexibility index (Phi) is 16.2. The van der Waals surface area contributed by atoms with E-state index in [0.29, 0.717) is 12.4 Å². The van der Waals surface area contributed by atoms with Crippen LogP contribution < -0.4 is 9.46 Å². The first-order valence-corrected chi connectivity index (χ1v) is 14.5. The minimum atomic E-state index is -3.49. The molecule has 0 aliphatic heterocycles. The van der Waals surface area contributed by atoms with Crippen LogP contribution in [0, 0.1) is 0 Å². The molecule has 0 saturated heterocycles. The predicted molar refractivity (Wildman–Crippen MR) is 136 cm³/mol. The van der Waals surface area contributed by atoms with Crippen molar-refractivity contribution in [3.8, 4) is 5.75 Å². The summed E-state index contributed by atoms with van der Waals surface area (Å²) >= 11 is 4.11. The summed E-state index contributed by atoms with van der Waals surface area (Å²) in [6.07, 6.45) is 18.8. The Bertz CT molecular complexity index is 647. The largest absolute Gasteiger partial charge is 0.494 e. The number of hydrogen-bond donors (Lipinski definition) is 2. The summed E-state index contributed by atoms with van der Waals surface area (Å²) in [5.74, 6) is 1.18. The number of ether oxygens (including phenoxy) is 1. The lowest BCUT2D eigenvalue weighted by Gasteiger charge is -2.12. The fraction of sp³-hybridized carbons (Fsp3) is 0.760. The summed E-state index contributed by atoms with van der Waals surface area (Å²) < 4.78 is 32.8. The number of nitrogens with one attached hydrogen (secondary N) is 1. The van der Waals surface area contributed by atoms with Gasteiger partial charge in [-0.1, -0.05) is 90.4 Å². The number of benzene rings is 1. The zero-order valence-corrected chi connectivity index (χ0v) is 21.5. The minimum absolute atomic E-state index is 0.204. The van der Waals surface area contributed by atoms with Crippen molar-refractivity contribution in [3.63, 3.8) is 0 Å². The SMILES string of the molecule is CCCCCCCCCCCCCCCCOc1ccc(S(=O)(=O)N[C@H](C)CS)cc1. The molecule has 0 radical (unpaired) electrons. The lowest BCUT2D eigenvalue weighted by atomic mass is 10.0. The van der Waals surface area contributed by atoms with Gasteiger partial charge in [-0.2, -0.15) is 12.6 Å². The molecule has 0 saturated carbocycles. The van der Waals surface area contributed by atoms with Crippen molar-refractivity contribution in [2.45, 2.75) is 115 Å². The van der Waals surface area contributed by atoms with Gasteiger partial charge in [0.15, 0.2) is 0 Å². The van der Waals surface area contributed by atoms with Crippen LogP contribution in [0.3, 0.4) is 0 Å². The molecule has 0 aliphatic rings.